The van der Waals surface area contributed by atoms with Gasteiger partial charge < -0.3 is 14.6 Å². The van der Waals surface area contributed by atoms with Crippen LogP contribution in [-0.2, 0) is 4.79 Å². The molecule has 0 radical (unpaired) electrons. The van der Waals surface area contributed by atoms with Gasteiger partial charge in [0.1, 0.15) is 17.4 Å². The largest absolute Gasteiger partial charge is 0.451 e. The van der Waals surface area contributed by atoms with Gasteiger partial charge in [-0.3, -0.25) is 9.59 Å². The molecule has 1 unspecified atom stereocenters. The van der Waals surface area contributed by atoms with Crippen LogP contribution in [0.4, 0.5) is 4.39 Å². The zero-order valence-corrected chi connectivity index (χ0v) is 11.8. The van der Waals surface area contributed by atoms with Crippen LogP contribution < -0.4 is 5.32 Å². The Bertz CT molecular complexity index is 738. The summed E-state index contributed by atoms with van der Waals surface area (Å²) in [5.74, 6) is -0.742. The first-order valence-corrected chi connectivity index (χ1v) is 6.76. The number of aryl methyl sites for hydroxylation is 1. The molecular formula is C15H15FN2O3. The third-order valence-electron chi connectivity index (χ3n) is 3.85. The van der Waals surface area contributed by atoms with Crippen molar-refractivity contribution in [2.45, 2.75) is 19.9 Å². The summed E-state index contributed by atoms with van der Waals surface area (Å²) in [6.45, 7) is 4.23. The van der Waals surface area contributed by atoms with Crippen molar-refractivity contribution in [3.05, 3.63) is 35.3 Å². The monoisotopic (exact) mass is 290 g/mol. The normalized spacial score (nSPS) is 18.9. The Morgan fingerprint density at radius 2 is 2.24 bits per heavy atom. The molecule has 6 heteroatoms. The summed E-state index contributed by atoms with van der Waals surface area (Å²) in [5, 5.41) is 3.28. The highest BCUT2D eigenvalue weighted by atomic mass is 19.1. The van der Waals surface area contributed by atoms with Gasteiger partial charge in [-0.25, -0.2) is 4.39 Å². The summed E-state index contributed by atoms with van der Waals surface area (Å²) in [6.07, 6.45) is 0. The fraction of sp³-hybridized carbons (Fsp3) is 0.333. The fourth-order valence-corrected chi connectivity index (χ4v) is 2.59. The third-order valence-corrected chi connectivity index (χ3v) is 3.85. The lowest BCUT2D eigenvalue weighted by Gasteiger charge is -2.32. The number of carbonyl (C=O) groups is 2. The molecule has 1 fully saturated rings. The molecule has 1 atom stereocenters. The molecule has 5 nitrogen and oxygen atoms in total. The average molecular weight is 290 g/mol. The van der Waals surface area contributed by atoms with Gasteiger partial charge in [0.05, 0.1) is 0 Å². The van der Waals surface area contributed by atoms with Crippen molar-refractivity contribution < 1.29 is 18.4 Å². The molecule has 2 amide bonds. The van der Waals surface area contributed by atoms with E-state index in [1.807, 2.05) is 0 Å². The maximum atomic E-state index is 13.3. The van der Waals surface area contributed by atoms with E-state index in [4.69, 9.17) is 4.42 Å². The second-order valence-electron chi connectivity index (χ2n) is 5.16. The molecule has 1 aliphatic heterocycles. The van der Waals surface area contributed by atoms with Crippen LogP contribution in [0.3, 0.4) is 0 Å². The van der Waals surface area contributed by atoms with Gasteiger partial charge in [0.25, 0.3) is 5.91 Å². The lowest BCUT2D eigenvalue weighted by atomic mass is 10.1. The molecule has 0 spiro atoms. The van der Waals surface area contributed by atoms with E-state index in [1.54, 1.807) is 13.8 Å². The van der Waals surface area contributed by atoms with Gasteiger partial charge in [-0.1, -0.05) is 0 Å². The number of benzene rings is 1. The van der Waals surface area contributed by atoms with E-state index in [9.17, 15) is 14.0 Å². The molecule has 110 valence electrons. The van der Waals surface area contributed by atoms with Gasteiger partial charge in [-0.2, -0.15) is 0 Å². The second-order valence-corrected chi connectivity index (χ2v) is 5.16. The van der Waals surface area contributed by atoms with Crippen molar-refractivity contribution in [3.8, 4) is 0 Å². The highest BCUT2D eigenvalue weighted by molar-refractivity contribution is 6.01. The molecule has 1 aromatic heterocycles. The van der Waals surface area contributed by atoms with E-state index < -0.39 is 6.04 Å². The Balaban J connectivity index is 2.01. The molecule has 3 rings (SSSR count). The Morgan fingerprint density at radius 3 is 3.00 bits per heavy atom. The molecule has 21 heavy (non-hydrogen) atoms. The number of hydrogen-bond donors (Lipinski definition) is 1. The van der Waals surface area contributed by atoms with E-state index in [0.717, 1.165) is 0 Å². The lowest BCUT2D eigenvalue weighted by molar-refractivity contribution is -0.127. The SMILES string of the molecule is Cc1c(C(=O)N2CCNC(=O)C2C)oc2ccc(F)cc12. The van der Waals surface area contributed by atoms with Crippen molar-refractivity contribution in [1.29, 1.82) is 0 Å². The van der Waals surface area contributed by atoms with E-state index in [-0.39, 0.29) is 23.4 Å². The van der Waals surface area contributed by atoms with Gasteiger partial charge in [-0.15, -0.1) is 0 Å². The van der Waals surface area contributed by atoms with E-state index in [0.29, 0.717) is 29.6 Å². The summed E-state index contributed by atoms with van der Waals surface area (Å²) in [5.41, 5.74) is 1.05. The van der Waals surface area contributed by atoms with Crippen LogP contribution in [-0.4, -0.2) is 35.8 Å². The quantitative estimate of drug-likeness (QED) is 0.871. The van der Waals surface area contributed by atoms with Crippen molar-refractivity contribution >= 4 is 22.8 Å². The van der Waals surface area contributed by atoms with Crippen LogP contribution in [0, 0.1) is 12.7 Å². The first kappa shape index (κ1) is 13.6. The number of nitrogens with zero attached hydrogens (tertiary/aromatic N) is 1. The average Bonchev–Trinajstić information content (AvgIpc) is 2.78. The number of piperazine rings is 1. The third kappa shape index (κ3) is 2.16. The molecule has 2 heterocycles. The van der Waals surface area contributed by atoms with Crippen molar-refractivity contribution in [1.82, 2.24) is 10.2 Å². The molecular weight excluding hydrogens is 275 g/mol. The molecule has 2 aromatic rings. The summed E-state index contributed by atoms with van der Waals surface area (Å²) >= 11 is 0. The van der Waals surface area contributed by atoms with Crippen molar-refractivity contribution in [3.63, 3.8) is 0 Å². The zero-order chi connectivity index (χ0) is 15.1. The fourth-order valence-electron chi connectivity index (χ4n) is 2.59. The van der Waals surface area contributed by atoms with Crippen LogP contribution in [0.25, 0.3) is 11.0 Å². The Labute approximate surface area is 120 Å². The van der Waals surface area contributed by atoms with Crippen LogP contribution in [0.2, 0.25) is 0 Å². The Kier molecular flexibility index (Phi) is 3.16. The van der Waals surface area contributed by atoms with Gasteiger partial charge >= 0.3 is 0 Å². The number of rotatable bonds is 1. The highest BCUT2D eigenvalue weighted by Crippen LogP contribution is 2.27. The summed E-state index contributed by atoms with van der Waals surface area (Å²) in [6, 6.07) is 3.59. The molecule has 1 saturated heterocycles. The molecule has 0 saturated carbocycles. The van der Waals surface area contributed by atoms with Crippen LogP contribution >= 0.6 is 0 Å². The molecule has 1 aromatic carbocycles. The van der Waals surface area contributed by atoms with Crippen LogP contribution in [0.1, 0.15) is 23.0 Å². The summed E-state index contributed by atoms with van der Waals surface area (Å²) < 4.78 is 18.9. The molecule has 0 bridgehead atoms. The minimum absolute atomic E-state index is 0.164. The molecule has 1 aliphatic rings. The Hall–Kier alpha value is -2.37. The topological polar surface area (TPSA) is 62.6 Å². The number of halogens is 1. The lowest BCUT2D eigenvalue weighted by Crippen LogP contribution is -2.55. The highest BCUT2D eigenvalue weighted by Gasteiger charge is 2.32. The maximum absolute atomic E-state index is 13.3. The smallest absolute Gasteiger partial charge is 0.290 e. The van der Waals surface area contributed by atoms with Crippen LogP contribution in [0.5, 0.6) is 0 Å². The van der Waals surface area contributed by atoms with Crippen molar-refractivity contribution in [2.75, 3.05) is 13.1 Å². The number of nitrogens with one attached hydrogen (secondary N) is 1. The first-order chi connectivity index (χ1) is 9.99. The van der Waals surface area contributed by atoms with E-state index in [2.05, 4.69) is 5.32 Å². The minimum atomic E-state index is -0.546. The van der Waals surface area contributed by atoms with Crippen LogP contribution in [0.15, 0.2) is 22.6 Å². The number of furan rings is 1. The Morgan fingerprint density at radius 1 is 1.48 bits per heavy atom. The second kappa shape index (κ2) is 4.87. The predicted octanol–water partition coefficient (Wildman–Crippen LogP) is 1.84. The van der Waals surface area contributed by atoms with Gasteiger partial charge in [0, 0.05) is 24.0 Å². The van der Waals surface area contributed by atoms with Crippen molar-refractivity contribution in [2.24, 2.45) is 0 Å². The molecule has 0 aliphatic carbocycles. The maximum Gasteiger partial charge on any atom is 0.290 e. The molecule has 1 N–H and O–H groups in total. The van der Waals surface area contributed by atoms with Gasteiger partial charge in [0.2, 0.25) is 5.91 Å². The standard InChI is InChI=1S/C15H15FN2O3/c1-8-11-7-10(16)3-4-12(11)21-13(8)15(20)18-6-5-17-14(19)9(18)2/h3-4,7,9H,5-6H2,1-2H3,(H,17,19). The number of hydrogen-bond acceptors (Lipinski definition) is 3. The number of amides is 2. The van der Waals surface area contributed by atoms with E-state index in [1.165, 1.54) is 23.1 Å². The zero-order valence-electron chi connectivity index (χ0n) is 11.8. The predicted molar refractivity (Wildman–Crippen MR) is 74.4 cm³/mol. The summed E-state index contributed by atoms with van der Waals surface area (Å²) in [4.78, 5) is 25.7. The first-order valence-electron chi connectivity index (χ1n) is 6.76. The van der Waals surface area contributed by atoms with Gasteiger partial charge in [-0.05, 0) is 32.0 Å². The summed E-state index contributed by atoms with van der Waals surface area (Å²) in [7, 11) is 0. The van der Waals surface area contributed by atoms with Gasteiger partial charge in [0.15, 0.2) is 5.76 Å². The number of carbonyl (C=O) groups excluding carboxylic acids is 2. The van der Waals surface area contributed by atoms with E-state index >= 15 is 0 Å². The minimum Gasteiger partial charge on any atom is -0.451 e. The number of fused-ring (bicyclic) bond motifs is 1.